The summed E-state index contributed by atoms with van der Waals surface area (Å²) in [6.07, 6.45) is 4.32. The van der Waals surface area contributed by atoms with Gasteiger partial charge in [0.1, 0.15) is 5.75 Å². The number of aromatic hydroxyl groups is 1. The van der Waals surface area contributed by atoms with Gasteiger partial charge in [-0.2, -0.15) is 15.0 Å². The van der Waals surface area contributed by atoms with Crippen LogP contribution in [-0.4, -0.2) is 82.3 Å². The highest BCUT2D eigenvalue weighted by atomic mass is 35.5. The van der Waals surface area contributed by atoms with E-state index in [1.807, 2.05) is 17.0 Å². The first-order valence-electron chi connectivity index (χ1n) is 14.4. The second-order valence-corrected chi connectivity index (χ2v) is 11.4. The summed E-state index contributed by atoms with van der Waals surface area (Å²) in [5.74, 6) is 0.844. The molecule has 0 radical (unpaired) electrons. The maximum absolute atomic E-state index is 12.6. The molecule has 0 bridgehead atoms. The third-order valence-electron chi connectivity index (χ3n) is 7.61. The molecule has 4 aromatic rings. The number of halogens is 1. The van der Waals surface area contributed by atoms with Gasteiger partial charge in [0.25, 0.3) is 5.91 Å². The van der Waals surface area contributed by atoms with Crippen molar-refractivity contribution in [1.82, 2.24) is 19.9 Å². The zero-order valence-corrected chi connectivity index (χ0v) is 24.7. The van der Waals surface area contributed by atoms with Crippen molar-refractivity contribution in [3.05, 3.63) is 77.6 Å². The fraction of sp³-hybridized carbons (Fsp3) is 0.300. The van der Waals surface area contributed by atoms with E-state index in [1.54, 1.807) is 48.8 Å². The zero-order valence-electron chi connectivity index (χ0n) is 24.0. The van der Waals surface area contributed by atoms with Crippen LogP contribution in [0.15, 0.2) is 67.0 Å². The van der Waals surface area contributed by atoms with Gasteiger partial charge in [-0.25, -0.2) is 0 Å². The number of amides is 1. The first-order valence-corrected chi connectivity index (χ1v) is 14.8. The number of nitrogens with zero attached hydrogens (tertiary/aromatic N) is 7. The smallest absolute Gasteiger partial charge is 0.255 e. The third-order valence-corrected chi connectivity index (χ3v) is 7.86. The lowest BCUT2D eigenvalue weighted by Gasteiger charge is -2.37. The molecule has 1 amide bonds. The minimum Gasteiger partial charge on any atom is -0.506 e. The van der Waals surface area contributed by atoms with Crippen molar-refractivity contribution in [1.29, 1.82) is 0 Å². The van der Waals surface area contributed by atoms with Crippen LogP contribution in [0.1, 0.15) is 16.8 Å². The molecular formula is C30H34ClN11O2. The molecule has 0 aliphatic carbocycles. The van der Waals surface area contributed by atoms with Crippen LogP contribution in [0.4, 0.5) is 34.9 Å². The molecule has 0 spiro atoms. The van der Waals surface area contributed by atoms with E-state index in [-0.39, 0.29) is 29.4 Å². The van der Waals surface area contributed by atoms with E-state index in [1.165, 1.54) is 6.07 Å². The summed E-state index contributed by atoms with van der Waals surface area (Å²) in [6.45, 7) is 4.18. The molecule has 44 heavy (non-hydrogen) atoms. The Balaban J connectivity index is 1.22. The quantitative estimate of drug-likeness (QED) is 0.193. The normalized spacial score (nSPS) is 18.7. The molecule has 2 saturated heterocycles. The lowest BCUT2D eigenvalue weighted by Crippen LogP contribution is -2.53. The Morgan fingerprint density at radius 3 is 2.14 bits per heavy atom. The minimum absolute atomic E-state index is 0.0909. The summed E-state index contributed by atoms with van der Waals surface area (Å²) in [5, 5.41) is 17.2. The van der Waals surface area contributed by atoms with E-state index in [0.29, 0.717) is 60.3 Å². The highest BCUT2D eigenvalue weighted by Gasteiger charge is 2.27. The van der Waals surface area contributed by atoms with Crippen LogP contribution in [0.5, 0.6) is 5.75 Å². The molecule has 13 nitrogen and oxygen atoms in total. The molecule has 0 saturated carbocycles. The lowest BCUT2D eigenvalue weighted by atomic mass is 10.0. The monoisotopic (exact) mass is 615 g/mol. The van der Waals surface area contributed by atoms with Crippen molar-refractivity contribution in [2.75, 3.05) is 64.6 Å². The summed E-state index contributed by atoms with van der Waals surface area (Å²) in [6, 6.07) is 15.1. The number of aromatic nitrogens is 4. The zero-order chi connectivity index (χ0) is 30.6. The molecule has 4 heterocycles. The minimum atomic E-state index is -0.369. The Morgan fingerprint density at radius 2 is 1.48 bits per heavy atom. The molecule has 6 rings (SSSR count). The molecule has 2 aromatic heterocycles. The number of phenols is 1. The van der Waals surface area contributed by atoms with Crippen LogP contribution in [-0.2, 0) is 0 Å². The number of rotatable bonds is 7. The Morgan fingerprint density at radius 1 is 0.841 bits per heavy atom. The van der Waals surface area contributed by atoms with E-state index in [4.69, 9.17) is 38.0 Å². The summed E-state index contributed by atoms with van der Waals surface area (Å²) in [5.41, 5.74) is 14.9. The predicted molar refractivity (Wildman–Crippen MR) is 172 cm³/mol. The summed E-state index contributed by atoms with van der Waals surface area (Å²) in [7, 11) is 0. The number of carbonyl (C=O) groups is 1. The van der Waals surface area contributed by atoms with Gasteiger partial charge < -0.3 is 41.9 Å². The number of hydrogen-bond donors (Lipinski definition) is 5. The SMILES string of the molecule is N[C@@H]1C[C@H](N)CN(c2nc(Nc3ccc(NC(=O)c4ccc(Cl)cc4)c(O)c3)nc(N3CCN(c4ccncc4)CC3)n2)C1. The number of phenolic OH excluding ortho intramolecular Hbond substituents is 1. The van der Waals surface area contributed by atoms with E-state index in [0.717, 1.165) is 25.2 Å². The van der Waals surface area contributed by atoms with Crippen LogP contribution >= 0.6 is 11.6 Å². The highest BCUT2D eigenvalue weighted by molar-refractivity contribution is 6.30. The van der Waals surface area contributed by atoms with Gasteiger partial charge >= 0.3 is 0 Å². The molecule has 2 aliphatic rings. The topological polar surface area (TPSA) is 175 Å². The van der Waals surface area contributed by atoms with Crippen molar-refractivity contribution in [2.24, 2.45) is 11.5 Å². The number of pyridine rings is 1. The number of piperazine rings is 1. The van der Waals surface area contributed by atoms with Gasteiger partial charge in [0.05, 0.1) is 5.69 Å². The van der Waals surface area contributed by atoms with Crippen molar-refractivity contribution in [3.8, 4) is 5.75 Å². The summed E-state index contributed by atoms with van der Waals surface area (Å²) < 4.78 is 0. The van der Waals surface area contributed by atoms with Gasteiger partial charge in [0, 0.05) is 91.8 Å². The van der Waals surface area contributed by atoms with Gasteiger partial charge in [0.15, 0.2) is 0 Å². The number of nitrogens with one attached hydrogen (secondary N) is 2. The fourth-order valence-electron chi connectivity index (χ4n) is 5.39. The average molecular weight is 616 g/mol. The van der Waals surface area contributed by atoms with E-state index in [9.17, 15) is 9.90 Å². The van der Waals surface area contributed by atoms with Gasteiger partial charge in [0.2, 0.25) is 17.8 Å². The van der Waals surface area contributed by atoms with Crippen LogP contribution in [0.2, 0.25) is 5.02 Å². The van der Waals surface area contributed by atoms with Crippen molar-refractivity contribution >= 4 is 52.4 Å². The molecule has 2 aromatic carbocycles. The Hall–Kier alpha value is -4.72. The predicted octanol–water partition coefficient (Wildman–Crippen LogP) is 2.81. The first kappa shape index (κ1) is 29.4. The van der Waals surface area contributed by atoms with Crippen LogP contribution in [0, 0.1) is 0 Å². The van der Waals surface area contributed by atoms with Gasteiger partial charge in [-0.3, -0.25) is 9.78 Å². The molecular weight excluding hydrogens is 582 g/mol. The lowest BCUT2D eigenvalue weighted by molar-refractivity contribution is 0.102. The van der Waals surface area contributed by atoms with E-state index >= 15 is 0 Å². The Labute approximate surface area is 259 Å². The number of hydrogen-bond acceptors (Lipinski definition) is 12. The van der Waals surface area contributed by atoms with Gasteiger partial charge in [-0.05, 0) is 55.0 Å². The standard InChI is InChI=1S/C30H34ClN11O2/c31-20-3-1-19(2-4-20)27(44)36-25-6-5-23(16-26(25)43)35-28-37-29(39-30(38-28)42-17-21(32)15-22(33)18-42)41-13-11-40(12-14-41)24-7-9-34-10-8-24/h1-10,16,21-22,43H,11-15,17-18,32-33H2,(H,36,44)(H,35,37,38,39)/t21-,22+. The highest BCUT2D eigenvalue weighted by Crippen LogP contribution is 2.30. The third kappa shape index (κ3) is 6.91. The molecule has 2 atom stereocenters. The second kappa shape index (κ2) is 12.9. The first-order chi connectivity index (χ1) is 21.3. The number of benzene rings is 2. The van der Waals surface area contributed by atoms with Gasteiger partial charge in [-0.1, -0.05) is 11.6 Å². The van der Waals surface area contributed by atoms with E-state index < -0.39 is 0 Å². The number of carbonyl (C=O) groups excluding carboxylic acids is 1. The van der Waals surface area contributed by atoms with Gasteiger partial charge in [-0.15, -0.1) is 0 Å². The van der Waals surface area contributed by atoms with Crippen molar-refractivity contribution in [3.63, 3.8) is 0 Å². The molecule has 2 aliphatic heterocycles. The van der Waals surface area contributed by atoms with Crippen LogP contribution in [0.25, 0.3) is 0 Å². The number of anilines is 6. The number of nitrogens with two attached hydrogens (primary N) is 2. The second-order valence-electron chi connectivity index (χ2n) is 10.9. The van der Waals surface area contributed by atoms with Crippen molar-refractivity contribution in [2.45, 2.75) is 18.5 Å². The van der Waals surface area contributed by atoms with Crippen molar-refractivity contribution < 1.29 is 9.90 Å². The van der Waals surface area contributed by atoms with Crippen LogP contribution < -0.4 is 36.8 Å². The molecule has 228 valence electrons. The summed E-state index contributed by atoms with van der Waals surface area (Å²) in [4.78, 5) is 37.5. The Bertz CT molecular complexity index is 1590. The van der Waals surface area contributed by atoms with Crippen LogP contribution in [0.3, 0.4) is 0 Å². The number of piperidine rings is 1. The maximum Gasteiger partial charge on any atom is 0.255 e. The molecule has 14 heteroatoms. The molecule has 7 N–H and O–H groups in total. The maximum atomic E-state index is 12.6. The average Bonchev–Trinajstić information content (AvgIpc) is 3.02. The Kier molecular flexibility index (Phi) is 8.59. The largest absolute Gasteiger partial charge is 0.506 e. The molecule has 2 fully saturated rings. The molecule has 0 unspecified atom stereocenters. The van der Waals surface area contributed by atoms with E-state index in [2.05, 4.69) is 25.4 Å². The summed E-state index contributed by atoms with van der Waals surface area (Å²) >= 11 is 5.92. The fourth-order valence-corrected chi connectivity index (χ4v) is 5.52.